The van der Waals surface area contributed by atoms with E-state index < -0.39 is 17.2 Å². The molecule has 0 heterocycles. The van der Waals surface area contributed by atoms with Crippen molar-refractivity contribution in [3.63, 3.8) is 0 Å². The molecular weight excluding hydrogens is 843 g/mol. The maximum absolute atomic E-state index is 8.92. The summed E-state index contributed by atoms with van der Waals surface area (Å²) in [5.41, 5.74) is 6.08. The van der Waals surface area contributed by atoms with Crippen molar-refractivity contribution in [2.45, 2.75) is 214 Å². The molecule has 0 fully saturated rings. The number of aryl methyl sites for hydroxylation is 4. The summed E-state index contributed by atoms with van der Waals surface area (Å²) in [6.45, 7) is 11.1. The molecule has 0 aliphatic carbocycles. The van der Waals surface area contributed by atoms with Crippen LogP contribution in [-0.4, -0.2) is 9.79 Å². The van der Waals surface area contributed by atoms with Crippen LogP contribution in [0.15, 0.2) is 91.0 Å². The van der Waals surface area contributed by atoms with Crippen molar-refractivity contribution in [1.82, 2.24) is 0 Å². The standard InChI is InChI=1S/C45H69O3P.C12H19O3P/c1-4-7-10-13-16-19-22-31-40-34-25-28-37-43(40)46-49(47-44-38-29-26-35-41(44)32-23-20-17-14-11-8-5-2)48-45-39-30-27-36-42(45)33-24-21-18-15-12-9-6-3;1-3-6-10-8-5-9-12(15-16(13)14)11(10)7-4-2/h25-30,34-39H,4-24,31-33H2,1-3H3;5,8-9,13-14H,3-4,6-7H2,1-2H3. The average molecular weight is 931 g/mol. The number of hydrogen-bond donors (Lipinski definition) is 2. The summed E-state index contributed by atoms with van der Waals surface area (Å²) in [6.07, 6.45) is 34.3. The van der Waals surface area contributed by atoms with Gasteiger partial charge in [-0.3, -0.25) is 0 Å². The predicted molar refractivity (Wildman–Crippen MR) is 280 cm³/mol. The van der Waals surface area contributed by atoms with E-state index in [0.717, 1.165) is 67.8 Å². The van der Waals surface area contributed by atoms with E-state index in [1.54, 1.807) is 6.07 Å². The third-order valence-corrected chi connectivity index (χ3v) is 13.4. The van der Waals surface area contributed by atoms with E-state index in [1.165, 1.54) is 157 Å². The molecule has 0 saturated heterocycles. The lowest BCUT2D eigenvalue weighted by atomic mass is 9.99. The fourth-order valence-electron chi connectivity index (χ4n) is 8.33. The van der Waals surface area contributed by atoms with E-state index >= 15 is 0 Å². The molecule has 0 saturated carbocycles. The number of unbranched alkanes of at least 4 members (excludes halogenated alkanes) is 18. The second-order valence-electron chi connectivity index (χ2n) is 17.7. The summed E-state index contributed by atoms with van der Waals surface area (Å²) in [5, 5.41) is 0. The van der Waals surface area contributed by atoms with Crippen molar-refractivity contribution >= 4 is 17.2 Å². The molecule has 0 amide bonds. The summed E-state index contributed by atoms with van der Waals surface area (Å²) in [4.78, 5) is 17.8. The van der Waals surface area contributed by atoms with Crippen LogP contribution in [0.5, 0.6) is 23.0 Å². The van der Waals surface area contributed by atoms with Crippen LogP contribution in [-0.2, 0) is 32.1 Å². The minimum atomic E-state index is -2.33. The molecule has 2 N–H and O–H groups in total. The highest BCUT2D eigenvalue weighted by atomic mass is 31.2. The Bertz CT molecular complexity index is 1610. The maximum Gasteiger partial charge on any atom is 0.530 e. The van der Waals surface area contributed by atoms with Crippen LogP contribution in [0.1, 0.15) is 210 Å². The topological polar surface area (TPSA) is 77.4 Å². The fourth-order valence-corrected chi connectivity index (χ4v) is 9.81. The minimum Gasteiger partial charge on any atom is -0.427 e. The van der Waals surface area contributed by atoms with Crippen molar-refractivity contribution in [2.24, 2.45) is 0 Å². The summed E-state index contributed by atoms with van der Waals surface area (Å²) in [5.74, 6) is 3.26. The molecule has 362 valence electrons. The van der Waals surface area contributed by atoms with Gasteiger partial charge in [0, 0.05) is 0 Å². The molecule has 0 aliphatic rings. The molecule has 8 heteroatoms. The van der Waals surface area contributed by atoms with Gasteiger partial charge in [-0.2, -0.15) is 0 Å². The Kier molecular flexibility index (Phi) is 31.9. The predicted octanol–water partition coefficient (Wildman–Crippen LogP) is 18.5. The zero-order valence-corrected chi connectivity index (χ0v) is 43.2. The van der Waals surface area contributed by atoms with Gasteiger partial charge in [0.15, 0.2) is 0 Å². The van der Waals surface area contributed by atoms with Crippen LogP contribution in [0.2, 0.25) is 0 Å². The quantitative estimate of drug-likeness (QED) is 0.0350. The van der Waals surface area contributed by atoms with Crippen molar-refractivity contribution in [1.29, 1.82) is 0 Å². The largest absolute Gasteiger partial charge is 0.530 e. The summed E-state index contributed by atoms with van der Waals surface area (Å²) >= 11 is 0. The lowest BCUT2D eigenvalue weighted by Gasteiger charge is -2.22. The van der Waals surface area contributed by atoms with Crippen LogP contribution >= 0.6 is 17.2 Å². The molecule has 0 unspecified atom stereocenters. The summed E-state index contributed by atoms with van der Waals surface area (Å²) in [6, 6.07) is 31.3. The monoisotopic (exact) mass is 931 g/mol. The molecule has 6 nitrogen and oxygen atoms in total. The molecule has 0 bridgehead atoms. The number of hydrogen-bond acceptors (Lipinski definition) is 6. The van der Waals surface area contributed by atoms with Gasteiger partial charge in [-0.1, -0.05) is 230 Å². The first-order valence-corrected chi connectivity index (χ1v) is 28.2. The lowest BCUT2D eigenvalue weighted by molar-refractivity contribution is 0.373. The van der Waals surface area contributed by atoms with Gasteiger partial charge in [-0.25, -0.2) is 0 Å². The third kappa shape index (κ3) is 24.5. The van der Waals surface area contributed by atoms with Gasteiger partial charge in [0.25, 0.3) is 0 Å². The summed E-state index contributed by atoms with van der Waals surface area (Å²) in [7, 11) is -4.05. The second kappa shape index (κ2) is 36.9. The van der Waals surface area contributed by atoms with Crippen molar-refractivity contribution in [2.75, 3.05) is 0 Å². The molecule has 0 aliphatic heterocycles. The highest BCUT2D eigenvalue weighted by Crippen LogP contribution is 2.45. The Labute approximate surface area is 399 Å². The first-order valence-electron chi connectivity index (χ1n) is 26.0. The van der Waals surface area contributed by atoms with Gasteiger partial charge >= 0.3 is 17.2 Å². The van der Waals surface area contributed by atoms with E-state index in [1.807, 2.05) is 6.07 Å². The Balaban J connectivity index is 0.000000589. The van der Waals surface area contributed by atoms with E-state index in [-0.39, 0.29) is 0 Å². The molecule has 0 aromatic heterocycles. The third-order valence-electron chi connectivity index (χ3n) is 12.0. The number of benzene rings is 4. The SMILES string of the molecule is CCCCCCCCCc1ccccc1OP(Oc1ccccc1CCCCCCCCC)Oc1ccccc1CCCCCCCCC.CCCc1cccc(OP(O)O)c1CCC. The van der Waals surface area contributed by atoms with Crippen LogP contribution in [0.3, 0.4) is 0 Å². The molecular formula is C57H88O6P2. The van der Waals surface area contributed by atoms with Gasteiger partial charge in [0.05, 0.1) is 0 Å². The molecule has 65 heavy (non-hydrogen) atoms. The average Bonchev–Trinajstić information content (AvgIpc) is 3.31. The second-order valence-corrected chi connectivity index (χ2v) is 19.4. The Hall–Kier alpha value is -3.14. The van der Waals surface area contributed by atoms with E-state index in [0.29, 0.717) is 5.75 Å². The van der Waals surface area contributed by atoms with Crippen molar-refractivity contribution in [3.05, 3.63) is 119 Å². The van der Waals surface area contributed by atoms with Crippen LogP contribution in [0.25, 0.3) is 0 Å². The van der Waals surface area contributed by atoms with Crippen LogP contribution in [0.4, 0.5) is 0 Å². The zero-order chi connectivity index (χ0) is 46.6. The van der Waals surface area contributed by atoms with Gasteiger partial charge in [0.2, 0.25) is 0 Å². The van der Waals surface area contributed by atoms with Gasteiger partial charge in [0.1, 0.15) is 23.0 Å². The number of rotatable bonds is 36. The summed E-state index contributed by atoms with van der Waals surface area (Å²) < 4.78 is 25.3. The van der Waals surface area contributed by atoms with E-state index in [2.05, 4.69) is 113 Å². The number of para-hydroxylation sites is 3. The first-order chi connectivity index (χ1) is 31.9. The highest BCUT2D eigenvalue weighted by Gasteiger charge is 2.24. The van der Waals surface area contributed by atoms with Crippen molar-refractivity contribution < 1.29 is 27.9 Å². The minimum absolute atomic E-state index is 0.615. The fraction of sp³-hybridized carbons (Fsp3) is 0.579. The maximum atomic E-state index is 8.92. The first kappa shape index (κ1) is 56.2. The Morgan fingerprint density at radius 3 is 0.985 bits per heavy atom. The molecule has 4 aromatic rings. The van der Waals surface area contributed by atoms with E-state index in [4.69, 9.17) is 27.9 Å². The van der Waals surface area contributed by atoms with Gasteiger partial charge in [-0.15, -0.1) is 0 Å². The smallest absolute Gasteiger partial charge is 0.427 e. The molecule has 4 rings (SSSR count). The van der Waals surface area contributed by atoms with Crippen LogP contribution < -0.4 is 18.1 Å². The highest BCUT2D eigenvalue weighted by molar-refractivity contribution is 7.43. The van der Waals surface area contributed by atoms with Crippen molar-refractivity contribution in [3.8, 4) is 23.0 Å². The van der Waals surface area contributed by atoms with Gasteiger partial charge < -0.3 is 27.9 Å². The molecule has 4 aromatic carbocycles. The molecule has 0 atom stereocenters. The Morgan fingerprint density at radius 2 is 0.631 bits per heavy atom. The normalized spacial score (nSPS) is 11.2. The lowest BCUT2D eigenvalue weighted by Crippen LogP contribution is -2.06. The van der Waals surface area contributed by atoms with Gasteiger partial charge in [-0.05, 0) is 103 Å². The molecule has 0 spiro atoms. The van der Waals surface area contributed by atoms with Crippen LogP contribution in [0, 0.1) is 0 Å². The zero-order valence-electron chi connectivity index (χ0n) is 41.4. The molecule has 0 radical (unpaired) electrons. The Morgan fingerprint density at radius 1 is 0.308 bits per heavy atom. The van der Waals surface area contributed by atoms with E-state index in [9.17, 15) is 0 Å².